The molecular formula is C19H20F4N6O3S. The fourth-order valence-corrected chi connectivity index (χ4v) is 4.54. The van der Waals surface area contributed by atoms with Crippen LogP contribution in [0.25, 0.3) is 16.9 Å². The van der Waals surface area contributed by atoms with E-state index in [1.165, 1.54) is 0 Å². The van der Waals surface area contributed by atoms with Gasteiger partial charge in [-0.1, -0.05) is 0 Å². The van der Waals surface area contributed by atoms with Gasteiger partial charge in [-0.25, -0.2) is 35.5 Å². The predicted octanol–water partition coefficient (Wildman–Crippen LogP) is 1.68. The van der Waals surface area contributed by atoms with Crippen molar-refractivity contribution in [1.29, 1.82) is 0 Å². The zero-order valence-electron chi connectivity index (χ0n) is 17.3. The Bertz CT molecular complexity index is 1290. The molecule has 14 heteroatoms. The molecule has 4 rings (SSSR count). The Morgan fingerprint density at radius 1 is 1.21 bits per heavy atom. The van der Waals surface area contributed by atoms with Gasteiger partial charge >= 0.3 is 0 Å². The zero-order valence-corrected chi connectivity index (χ0v) is 18.1. The molecule has 1 saturated heterocycles. The number of piperidine rings is 1. The van der Waals surface area contributed by atoms with Gasteiger partial charge in [-0.2, -0.15) is 4.31 Å². The number of nitrogens with one attached hydrogen (secondary N) is 1. The molecule has 0 radical (unpaired) electrons. The summed E-state index contributed by atoms with van der Waals surface area (Å²) >= 11 is 0. The summed E-state index contributed by atoms with van der Waals surface area (Å²) in [6, 6.07) is 1.34. The van der Waals surface area contributed by atoms with E-state index < -0.39 is 46.6 Å². The highest BCUT2D eigenvalue weighted by Crippen LogP contribution is 2.27. The molecule has 0 amide bonds. The van der Waals surface area contributed by atoms with Gasteiger partial charge in [0.1, 0.15) is 11.2 Å². The number of aliphatic hydroxyl groups excluding tert-OH is 1. The average molecular weight is 488 g/mol. The smallest absolute Gasteiger partial charge is 0.242 e. The van der Waals surface area contributed by atoms with Crippen LogP contribution in [0, 0.1) is 11.6 Å². The van der Waals surface area contributed by atoms with Crippen LogP contribution in [-0.4, -0.2) is 75.3 Å². The Morgan fingerprint density at radius 3 is 2.61 bits per heavy atom. The van der Waals surface area contributed by atoms with Crippen LogP contribution in [0.15, 0.2) is 24.5 Å². The third-order valence-electron chi connectivity index (χ3n) is 5.33. The molecule has 0 aromatic carbocycles. The van der Waals surface area contributed by atoms with Crippen molar-refractivity contribution in [3.05, 3.63) is 41.7 Å². The highest BCUT2D eigenvalue weighted by atomic mass is 32.2. The molecule has 3 aromatic heterocycles. The van der Waals surface area contributed by atoms with Crippen molar-refractivity contribution in [1.82, 2.24) is 23.9 Å². The first-order valence-corrected chi connectivity index (χ1v) is 11.7. The molecular weight excluding hydrogens is 468 g/mol. The first kappa shape index (κ1) is 23.3. The molecule has 1 aliphatic rings. The van der Waals surface area contributed by atoms with Gasteiger partial charge in [0, 0.05) is 31.8 Å². The fraction of sp³-hybridized carbons (Fsp3) is 0.421. The van der Waals surface area contributed by atoms with Crippen molar-refractivity contribution in [2.24, 2.45) is 0 Å². The molecule has 9 nitrogen and oxygen atoms in total. The second-order valence-electron chi connectivity index (χ2n) is 7.75. The van der Waals surface area contributed by atoms with Gasteiger partial charge in [-0.3, -0.25) is 4.98 Å². The maximum absolute atomic E-state index is 14.6. The summed E-state index contributed by atoms with van der Waals surface area (Å²) in [5.41, 5.74) is -0.403. The van der Waals surface area contributed by atoms with Crippen LogP contribution in [0.5, 0.6) is 0 Å². The number of aromatic nitrogens is 4. The predicted molar refractivity (Wildman–Crippen MR) is 110 cm³/mol. The number of pyridine rings is 1. The number of nitrogens with zero attached hydrogens (tertiary/aromatic N) is 5. The molecule has 2 N–H and O–H groups in total. The number of halogens is 4. The van der Waals surface area contributed by atoms with Crippen LogP contribution in [0.2, 0.25) is 0 Å². The maximum atomic E-state index is 14.6. The van der Waals surface area contributed by atoms with Crippen LogP contribution in [0.1, 0.15) is 12.0 Å². The monoisotopic (exact) mass is 488 g/mol. The second-order valence-corrected chi connectivity index (χ2v) is 9.74. The minimum atomic E-state index is -3.45. The molecule has 178 valence electrons. The van der Waals surface area contributed by atoms with Gasteiger partial charge in [0.15, 0.2) is 11.6 Å². The number of sulfonamides is 1. The summed E-state index contributed by atoms with van der Waals surface area (Å²) < 4.78 is 79.7. The quantitative estimate of drug-likeness (QED) is 0.508. The van der Waals surface area contributed by atoms with Crippen LogP contribution in [0.3, 0.4) is 0 Å². The summed E-state index contributed by atoms with van der Waals surface area (Å²) in [5, 5.41) is 17.4. The first-order chi connectivity index (χ1) is 15.5. The molecule has 4 heterocycles. The summed E-state index contributed by atoms with van der Waals surface area (Å²) in [6.45, 7) is 0.0710. The zero-order chi connectivity index (χ0) is 23.9. The van der Waals surface area contributed by atoms with Crippen molar-refractivity contribution in [2.75, 3.05) is 24.7 Å². The third-order valence-corrected chi connectivity index (χ3v) is 6.60. The molecule has 0 aliphatic carbocycles. The van der Waals surface area contributed by atoms with E-state index in [4.69, 9.17) is 0 Å². The average Bonchev–Trinajstić information content (AvgIpc) is 3.04. The summed E-state index contributed by atoms with van der Waals surface area (Å²) in [4.78, 5) is 7.89. The van der Waals surface area contributed by atoms with E-state index >= 15 is 0 Å². The van der Waals surface area contributed by atoms with Gasteiger partial charge in [-0.05, 0) is 18.1 Å². The van der Waals surface area contributed by atoms with Crippen LogP contribution in [-0.2, 0) is 16.4 Å². The number of hydrogen-bond acceptors (Lipinski definition) is 7. The minimum Gasteiger partial charge on any atom is -0.390 e. The second kappa shape index (κ2) is 8.83. The molecule has 3 aromatic rings. The van der Waals surface area contributed by atoms with Gasteiger partial charge in [0.25, 0.3) is 0 Å². The number of fused-ring (bicyclic) bond motifs is 1. The van der Waals surface area contributed by atoms with E-state index in [2.05, 4.69) is 20.4 Å². The third kappa shape index (κ3) is 4.91. The van der Waals surface area contributed by atoms with Crippen molar-refractivity contribution < 1.29 is 31.1 Å². The number of β-amino-alcohol motifs (C(OH)–C–C–N with tert-alkyl or cyclic N) is 1. The molecule has 33 heavy (non-hydrogen) atoms. The van der Waals surface area contributed by atoms with E-state index in [0.717, 1.165) is 39.6 Å². The summed E-state index contributed by atoms with van der Waals surface area (Å²) in [5.74, 6) is -1.66. The molecule has 2 atom stereocenters. The first-order valence-electron chi connectivity index (χ1n) is 9.90. The Kier molecular flexibility index (Phi) is 6.24. The van der Waals surface area contributed by atoms with Crippen molar-refractivity contribution in [2.45, 2.75) is 31.4 Å². The Morgan fingerprint density at radius 2 is 1.97 bits per heavy atom. The Labute approximate surface area is 186 Å². The normalized spacial score (nSPS) is 20.0. The summed E-state index contributed by atoms with van der Waals surface area (Å²) in [7, 11) is -3.45. The topological polar surface area (TPSA) is 113 Å². The highest BCUT2D eigenvalue weighted by molar-refractivity contribution is 7.88. The number of anilines is 1. The van der Waals surface area contributed by atoms with E-state index in [9.17, 15) is 31.1 Å². The van der Waals surface area contributed by atoms with Crippen LogP contribution >= 0.6 is 0 Å². The minimum absolute atomic E-state index is 0.000936. The van der Waals surface area contributed by atoms with Gasteiger partial charge < -0.3 is 10.4 Å². The molecule has 1 fully saturated rings. The Hall–Kier alpha value is -2.84. The number of hydrogen-bond donors (Lipinski definition) is 2. The largest absolute Gasteiger partial charge is 0.390 e. The fourth-order valence-electron chi connectivity index (χ4n) is 3.68. The molecule has 0 spiro atoms. The van der Waals surface area contributed by atoms with Crippen LogP contribution < -0.4 is 5.32 Å². The van der Waals surface area contributed by atoms with E-state index in [0.29, 0.717) is 0 Å². The SMILES string of the molecule is CS(=O)(=O)N1CC[C@@H](Nc2ncc3c(F)cc(-c4ncc(CC(F)F)cc4F)n3n2)[C@H](O)C1. The van der Waals surface area contributed by atoms with Gasteiger partial charge in [0.2, 0.25) is 22.4 Å². The molecule has 0 unspecified atom stereocenters. The molecule has 0 saturated carbocycles. The lowest BCUT2D eigenvalue weighted by atomic mass is 10.0. The van der Waals surface area contributed by atoms with Gasteiger partial charge in [-0.15, -0.1) is 5.10 Å². The standard InChI is InChI=1S/C19H20F4N6O3S/c1-33(31,32)28-3-2-13(16(30)9-28)26-19-25-8-15-11(20)6-14(29(15)27-19)18-12(21)4-10(7-24-18)5-17(22)23/h4,6-8,13,16-17,30H,2-3,5,9H2,1H3,(H,26,27)/t13-,16-/m1/s1. The van der Waals surface area contributed by atoms with Crippen molar-refractivity contribution in [3.63, 3.8) is 0 Å². The highest BCUT2D eigenvalue weighted by Gasteiger charge is 2.32. The van der Waals surface area contributed by atoms with E-state index in [-0.39, 0.29) is 47.9 Å². The molecule has 1 aliphatic heterocycles. The Balaban J connectivity index is 1.62. The van der Waals surface area contributed by atoms with Crippen LogP contribution in [0.4, 0.5) is 23.5 Å². The van der Waals surface area contributed by atoms with E-state index in [1.54, 1.807) is 0 Å². The van der Waals surface area contributed by atoms with Gasteiger partial charge in [0.05, 0.1) is 30.3 Å². The lowest BCUT2D eigenvalue weighted by molar-refractivity contribution is 0.0950. The number of aliphatic hydroxyl groups is 1. The maximum Gasteiger partial charge on any atom is 0.242 e. The number of alkyl halides is 2. The van der Waals surface area contributed by atoms with E-state index in [1.807, 2.05) is 0 Å². The summed E-state index contributed by atoms with van der Waals surface area (Å²) in [6.07, 6.45) is -0.794. The lowest BCUT2D eigenvalue weighted by Crippen LogP contribution is -2.51. The number of rotatable bonds is 6. The van der Waals surface area contributed by atoms with Crippen molar-refractivity contribution in [3.8, 4) is 11.4 Å². The van der Waals surface area contributed by atoms with Crippen molar-refractivity contribution >= 4 is 21.5 Å². The molecule has 0 bridgehead atoms. The lowest BCUT2D eigenvalue weighted by Gasteiger charge is -2.34.